The fraction of sp³-hybridized carbons (Fsp3) is 0.421. The van der Waals surface area contributed by atoms with E-state index in [2.05, 4.69) is 41.5 Å². The van der Waals surface area contributed by atoms with Gasteiger partial charge in [-0.3, -0.25) is 0 Å². The summed E-state index contributed by atoms with van der Waals surface area (Å²) >= 11 is 1.69. The van der Waals surface area contributed by atoms with Gasteiger partial charge in [0.2, 0.25) is 0 Å². The van der Waals surface area contributed by atoms with Crippen molar-refractivity contribution < 1.29 is 0 Å². The molecule has 1 aromatic carbocycles. The predicted molar refractivity (Wildman–Crippen MR) is 94.3 cm³/mol. The largest absolute Gasteiger partial charge is 0.374 e. The molecule has 3 rings (SSSR count). The van der Waals surface area contributed by atoms with Gasteiger partial charge >= 0.3 is 0 Å². The third-order valence-electron chi connectivity index (χ3n) is 4.61. The van der Waals surface area contributed by atoms with Crippen molar-refractivity contribution in [3.05, 3.63) is 52.1 Å². The molecule has 0 N–H and O–H groups in total. The zero-order chi connectivity index (χ0) is 15.4. The minimum atomic E-state index is 1.09. The Balaban J connectivity index is 2.13. The summed E-state index contributed by atoms with van der Waals surface area (Å²) in [5.74, 6) is 0. The van der Waals surface area contributed by atoms with E-state index in [0.717, 1.165) is 30.8 Å². The summed E-state index contributed by atoms with van der Waals surface area (Å²) in [5, 5.41) is 9.17. The van der Waals surface area contributed by atoms with Crippen LogP contribution in [0.5, 0.6) is 0 Å². The van der Waals surface area contributed by atoms with Gasteiger partial charge in [-0.1, -0.05) is 24.3 Å². The number of fused-ring (bicyclic) bond motifs is 1. The zero-order valence-corrected chi connectivity index (χ0v) is 14.0. The van der Waals surface area contributed by atoms with Crippen LogP contribution in [0.1, 0.15) is 36.8 Å². The Morgan fingerprint density at radius 3 is 2.68 bits per heavy atom. The minimum Gasteiger partial charge on any atom is -0.374 e. The van der Waals surface area contributed by atoms with Gasteiger partial charge in [-0.05, 0) is 49.5 Å². The zero-order valence-electron chi connectivity index (χ0n) is 13.1. The number of allylic oxidation sites excluding steroid dienone is 3. The molecule has 0 radical (unpaired) electrons. The topological polar surface area (TPSA) is 27.0 Å². The number of hydrogen-bond acceptors (Lipinski definition) is 3. The van der Waals surface area contributed by atoms with Gasteiger partial charge in [0.15, 0.2) is 0 Å². The van der Waals surface area contributed by atoms with Crippen molar-refractivity contribution in [1.82, 2.24) is 4.90 Å². The number of likely N-dealkylation sites (tertiary alicyclic amines) is 1. The van der Waals surface area contributed by atoms with Crippen molar-refractivity contribution in [1.29, 1.82) is 5.26 Å². The molecule has 1 aliphatic carbocycles. The molecular weight excluding hydrogens is 288 g/mol. The number of benzene rings is 1. The first-order valence-corrected chi connectivity index (χ1v) is 9.28. The second-order valence-electron chi connectivity index (χ2n) is 5.87. The Hall–Kier alpha value is -1.66. The molecule has 0 unspecified atom stereocenters. The molecule has 114 valence electrons. The second-order valence-corrected chi connectivity index (χ2v) is 6.72. The lowest BCUT2D eigenvalue weighted by Crippen LogP contribution is -2.31. The summed E-state index contributed by atoms with van der Waals surface area (Å²) in [7, 11) is 0. The molecule has 0 spiro atoms. The number of nitriles is 1. The highest BCUT2D eigenvalue weighted by Crippen LogP contribution is 2.41. The first kappa shape index (κ1) is 15.2. The van der Waals surface area contributed by atoms with Crippen molar-refractivity contribution in [2.45, 2.75) is 32.1 Å². The lowest BCUT2D eigenvalue weighted by Gasteiger charge is -2.36. The molecule has 1 saturated heterocycles. The number of nitrogens with zero attached hydrogens (tertiary/aromatic N) is 2. The highest BCUT2D eigenvalue weighted by Gasteiger charge is 2.25. The van der Waals surface area contributed by atoms with E-state index in [-0.39, 0.29) is 0 Å². The van der Waals surface area contributed by atoms with Crippen LogP contribution in [-0.4, -0.2) is 24.2 Å². The van der Waals surface area contributed by atoms with Crippen LogP contribution in [0.4, 0.5) is 0 Å². The number of aryl methyl sites for hydroxylation is 1. The van der Waals surface area contributed by atoms with Crippen molar-refractivity contribution in [3.8, 4) is 6.07 Å². The molecule has 1 aliphatic heterocycles. The number of piperidine rings is 1. The van der Waals surface area contributed by atoms with Crippen LogP contribution in [0.15, 0.2) is 40.9 Å². The van der Waals surface area contributed by atoms with Crippen molar-refractivity contribution in [2.75, 3.05) is 19.3 Å². The second kappa shape index (κ2) is 7.07. The van der Waals surface area contributed by atoms with E-state index in [1.807, 2.05) is 0 Å². The Morgan fingerprint density at radius 1 is 1.18 bits per heavy atom. The number of rotatable bonds is 3. The van der Waals surface area contributed by atoms with E-state index in [9.17, 15) is 0 Å². The fourth-order valence-corrected chi connectivity index (χ4v) is 4.16. The van der Waals surface area contributed by atoms with E-state index in [0.29, 0.717) is 0 Å². The van der Waals surface area contributed by atoms with Gasteiger partial charge in [-0.2, -0.15) is 5.26 Å². The van der Waals surface area contributed by atoms with Crippen LogP contribution in [0.2, 0.25) is 0 Å². The highest BCUT2D eigenvalue weighted by atomic mass is 32.2. The maximum absolute atomic E-state index is 9.17. The Labute approximate surface area is 137 Å². The molecule has 1 aromatic rings. The van der Waals surface area contributed by atoms with Crippen LogP contribution < -0.4 is 0 Å². The standard InChI is InChI=1S/C19H22N2S/c1-22-18(11-12-20)19-16-8-4-3-7-15(16)9-10-17(19)21-13-5-2-6-14-21/h3-4,7-8,11H,2,5-6,9-10,13-14H2,1H3/b18-11-. The average molecular weight is 310 g/mol. The van der Waals surface area contributed by atoms with Crippen LogP contribution in [0.25, 0.3) is 5.57 Å². The van der Waals surface area contributed by atoms with Crippen molar-refractivity contribution >= 4 is 17.3 Å². The molecule has 3 heteroatoms. The van der Waals surface area contributed by atoms with Gasteiger partial charge in [-0.15, -0.1) is 11.8 Å². The molecule has 0 aromatic heterocycles. The average Bonchev–Trinajstić information content (AvgIpc) is 2.59. The minimum absolute atomic E-state index is 1.09. The summed E-state index contributed by atoms with van der Waals surface area (Å²) < 4.78 is 0. The van der Waals surface area contributed by atoms with Gasteiger partial charge in [0.25, 0.3) is 0 Å². The highest BCUT2D eigenvalue weighted by molar-refractivity contribution is 8.03. The van der Waals surface area contributed by atoms with Crippen LogP contribution in [0, 0.1) is 11.3 Å². The van der Waals surface area contributed by atoms with Gasteiger partial charge in [0, 0.05) is 35.3 Å². The predicted octanol–water partition coefficient (Wildman–Crippen LogP) is 4.60. The van der Waals surface area contributed by atoms with Crippen LogP contribution >= 0.6 is 11.8 Å². The number of thioether (sulfide) groups is 1. The van der Waals surface area contributed by atoms with Crippen molar-refractivity contribution in [2.24, 2.45) is 0 Å². The Morgan fingerprint density at radius 2 is 1.95 bits per heavy atom. The van der Waals surface area contributed by atoms with Gasteiger partial charge in [-0.25, -0.2) is 0 Å². The van der Waals surface area contributed by atoms with E-state index in [4.69, 9.17) is 5.26 Å². The maximum Gasteiger partial charge on any atom is 0.0924 e. The Kier molecular flexibility index (Phi) is 4.90. The van der Waals surface area contributed by atoms with E-state index in [1.165, 1.54) is 41.7 Å². The molecule has 0 atom stereocenters. The normalized spacial score (nSPS) is 18.9. The lowest BCUT2D eigenvalue weighted by atomic mass is 9.87. The summed E-state index contributed by atoms with van der Waals surface area (Å²) in [6, 6.07) is 10.9. The summed E-state index contributed by atoms with van der Waals surface area (Å²) in [6.45, 7) is 2.32. The molecule has 1 heterocycles. The number of hydrogen-bond donors (Lipinski definition) is 0. The summed E-state index contributed by atoms with van der Waals surface area (Å²) in [5.41, 5.74) is 5.49. The monoisotopic (exact) mass is 310 g/mol. The maximum atomic E-state index is 9.17. The fourth-order valence-electron chi connectivity index (χ4n) is 3.56. The summed E-state index contributed by atoms with van der Waals surface area (Å²) in [6.07, 6.45) is 9.91. The van der Waals surface area contributed by atoms with Crippen LogP contribution in [-0.2, 0) is 6.42 Å². The van der Waals surface area contributed by atoms with Gasteiger partial charge in [0.1, 0.15) is 0 Å². The van der Waals surface area contributed by atoms with Crippen molar-refractivity contribution in [3.63, 3.8) is 0 Å². The van der Waals surface area contributed by atoms with E-state index >= 15 is 0 Å². The van der Waals surface area contributed by atoms with Gasteiger partial charge < -0.3 is 4.90 Å². The van der Waals surface area contributed by atoms with E-state index < -0.39 is 0 Å². The molecular formula is C19H22N2S. The van der Waals surface area contributed by atoms with E-state index in [1.54, 1.807) is 17.8 Å². The molecule has 0 saturated carbocycles. The first-order valence-electron chi connectivity index (χ1n) is 8.05. The third kappa shape index (κ3) is 2.94. The molecule has 1 fully saturated rings. The molecule has 2 nitrogen and oxygen atoms in total. The van der Waals surface area contributed by atoms with Gasteiger partial charge in [0.05, 0.1) is 6.07 Å². The molecule has 22 heavy (non-hydrogen) atoms. The SMILES string of the molecule is CS/C(=C\C#N)C1=C(N2CCCCC2)CCc2ccccc21. The quantitative estimate of drug-likeness (QED) is 0.763. The first-order chi connectivity index (χ1) is 10.8. The molecule has 0 bridgehead atoms. The smallest absolute Gasteiger partial charge is 0.0924 e. The lowest BCUT2D eigenvalue weighted by molar-refractivity contribution is 0.277. The molecule has 2 aliphatic rings. The van der Waals surface area contributed by atoms with Crippen LogP contribution in [0.3, 0.4) is 0 Å². The summed E-state index contributed by atoms with van der Waals surface area (Å²) in [4.78, 5) is 3.67. The molecule has 0 amide bonds. The Bertz CT molecular complexity index is 646. The third-order valence-corrected chi connectivity index (χ3v) is 5.37.